The lowest BCUT2D eigenvalue weighted by Gasteiger charge is -2.30. The van der Waals surface area contributed by atoms with Crippen molar-refractivity contribution in [2.75, 3.05) is 25.5 Å². The third-order valence-electron chi connectivity index (χ3n) is 5.10. The molecule has 0 aliphatic heterocycles. The summed E-state index contributed by atoms with van der Waals surface area (Å²) in [5.74, 6) is 2.31. The van der Waals surface area contributed by atoms with Crippen LogP contribution in [0.15, 0.2) is 48.5 Å². The molecule has 5 nitrogen and oxygen atoms in total. The molecule has 1 N–H and O–H groups in total. The number of carbonyl (C=O) groups is 1. The van der Waals surface area contributed by atoms with Crippen molar-refractivity contribution in [3.05, 3.63) is 48.5 Å². The summed E-state index contributed by atoms with van der Waals surface area (Å²) in [6.45, 7) is 3.03. The van der Waals surface area contributed by atoms with Crippen LogP contribution in [0.2, 0.25) is 0 Å². The maximum Gasteiger partial charge on any atom is 0.238 e. The molecular formula is C23H30N2O3. The third kappa shape index (κ3) is 5.99. The van der Waals surface area contributed by atoms with Gasteiger partial charge < -0.3 is 14.8 Å². The van der Waals surface area contributed by atoms with Crippen LogP contribution in [0.1, 0.15) is 39.0 Å². The van der Waals surface area contributed by atoms with E-state index in [2.05, 4.69) is 10.2 Å². The number of hydrogen-bond acceptors (Lipinski definition) is 4. The number of ether oxygens (including phenoxy) is 2. The fraction of sp³-hybridized carbons (Fsp3) is 0.435. The Kier molecular flexibility index (Phi) is 7.31. The van der Waals surface area contributed by atoms with Crippen molar-refractivity contribution in [3.8, 4) is 17.2 Å². The number of nitrogens with zero attached hydrogens (tertiary/aromatic N) is 1. The Morgan fingerprint density at radius 1 is 0.964 bits per heavy atom. The third-order valence-corrected chi connectivity index (χ3v) is 5.10. The molecule has 1 aliphatic carbocycles. The smallest absolute Gasteiger partial charge is 0.238 e. The molecule has 1 aliphatic rings. The molecule has 2 aromatic rings. The predicted molar refractivity (Wildman–Crippen MR) is 112 cm³/mol. The lowest BCUT2D eigenvalue weighted by molar-refractivity contribution is -0.117. The lowest BCUT2D eigenvalue weighted by atomic mass is 9.94. The van der Waals surface area contributed by atoms with Gasteiger partial charge in [0.15, 0.2) is 0 Å². The second-order valence-corrected chi connectivity index (χ2v) is 7.29. The van der Waals surface area contributed by atoms with Gasteiger partial charge in [0.2, 0.25) is 5.91 Å². The standard InChI is InChI=1S/C23H30N2O3/c1-3-27-20-13-15-22(16-14-20)28-21-11-9-18(10-12-21)24-23(26)17-25(2)19-7-5-4-6-8-19/h9-16,19H,3-8,17H2,1-2H3,(H,24,26). The van der Waals surface area contributed by atoms with E-state index >= 15 is 0 Å². The van der Waals surface area contributed by atoms with Gasteiger partial charge in [-0.1, -0.05) is 19.3 Å². The van der Waals surface area contributed by atoms with E-state index in [9.17, 15) is 4.79 Å². The van der Waals surface area contributed by atoms with Crippen molar-refractivity contribution in [1.82, 2.24) is 4.90 Å². The van der Waals surface area contributed by atoms with Crippen molar-refractivity contribution in [3.63, 3.8) is 0 Å². The van der Waals surface area contributed by atoms with Crippen LogP contribution in [0, 0.1) is 0 Å². The molecule has 28 heavy (non-hydrogen) atoms. The lowest BCUT2D eigenvalue weighted by Crippen LogP contribution is -2.39. The average Bonchev–Trinajstić information content (AvgIpc) is 2.72. The van der Waals surface area contributed by atoms with Crippen LogP contribution in [0.4, 0.5) is 5.69 Å². The first-order valence-electron chi connectivity index (χ1n) is 10.1. The van der Waals surface area contributed by atoms with E-state index in [1.165, 1.54) is 32.1 Å². The number of hydrogen-bond donors (Lipinski definition) is 1. The zero-order valence-electron chi connectivity index (χ0n) is 16.8. The molecule has 1 amide bonds. The number of nitrogens with one attached hydrogen (secondary N) is 1. The summed E-state index contributed by atoms with van der Waals surface area (Å²) >= 11 is 0. The number of anilines is 1. The topological polar surface area (TPSA) is 50.8 Å². The van der Waals surface area contributed by atoms with Gasteiger partial charge >= 0.3 is 0 Å². The number of rotatable bonds is 8. The SMILES string of the molecule is CCOc1ccc(Oc2ccc(NC(=O)CN(C)C3CCCCC3)cc2)cc1. The summed E-state index contributed by atoms with van der Waals surface area (Å²) in [5, 5.41) is 2.97. The molecule has 0 radical (unpaired) electrons. The Morgan fingerprint density at radius 3 is 2.14 bits per heavy atom. The number of carbonyl (C=O) groups excluding carboxylic acids is 1. The second kappa shape index (κ2) is 10.1. The quantitative estimate of drug-likeness (QED) is 0.692. The molecule has 0 heterocycles. The molecule has 3 rings (SSSR count). The van der Waals surface area contributed by atoms with Crippen LogP contribution >= 0.6 is 0 Å². The highest BCUT2D eigenvalue weighted by Gasteiger charge is 2.19. The van der Waals surface area contributed by atoms with Crippen LogP contribution in [0.5, 0.6) is 17.2 Å². The van der Waals surface area contributed by atoms with Crippen LogP contribution in [0.25, 0.3) is 0 Å². The monoisotopic (exact) mass is 382 g/mol. The maximum atomic E-state index is 12.3. The fourth-order valence-electron chi connectivity index (χ4n) is 3.59. The normalized spacial score (nSPS) is 14.7. The van der Waals surface area contributed by atoms with Crippen molar-refractivity contribution in [2.24, 2.45) is 0 Å². The first kappa shape index (κ1) is 20.2. The minimum absolute atomic E-state index is 0.0215. The van der Waals surface area contributed by atoms with Gasteiger partial charge in [-0.3, -0.25) is 9.69 Å². The van der Waals surface area contributed by atoms with Gasteiger partial charge in [-0.05, 0) is 75.3 Å². The average molecular weight is 383 g/mol. The van der Waals surface area contributed by atoms with Gasteiger partial charge in [-0.15, -0.1) is 0 Å². The van der Waals surface area contributed by atoms with Crippen molar-refractivity contribution in [2.45, 2.75) is 45.1 Å². The Bertz CT molecular complexity index is 737. The van der Waals surface area contributed by atoms with Crippen LogP contribution < -0.4 is 14.8 Å². The summed E-state index contributed by atoms with van der Waals surface area (Å²) in [5.41, 5.74) is 0.779. The Hall–Kier alpha value is -2.53. The van der Waals surface area contributed by atoms with Gasteiger partial charge in [0.1, 0.15) is 17.2 Å². The summed E-state index contributed by atoms with van der Waals surface area (Å²) < 4.78 is 11.3. The van der Waals surface area contributed by atoms with E-state index < -0.39 is 0 Å². The van der Waals surface area contributed by atoms with E-state index in [-0.39, 0.29) is 5.91 Å². The van der Waals surface area contributed by atoms with Gasteiger partial charge in [0, 0.05) is 11.7 Å². The van der Waals surface area contributed by atoms with Crippen LogP contribution in [-0.2, 0) is 4.79 Å². The highest BCUT2D eigenvalue weighted by atomic mass is 16.5. The van der Waals surface area contributed by atoms with Crippen molar-refractivity contribution in [1.29, 1.82) is 0 Å². The Labute approximate surface area is 167 Å². The Morgan fingerprint density at radius 2 is 1.54 bits per heavy atom. The van der Waals surface area contributed by atoms with Crippen LogP contribution in [0.3, 0.4) is 0 Å². The van der Waals surface area contributed by atoms with Crippen molar-refractivity contribution < 1.29 is 14.3 Å². The molecule has 0 spiro atoms. The minimum atomic E-state index is 0.0215. The van der Waals surface area contributed by atoms with Gasteiger partial charge in [-0.2, -0.15) is 0 Å². The first-order valence-corrected chi connectivity index (χ1v) is 10.1. The largest absolute Gasteiger partial charge is 0.494 e. The molecule has 5 heteroatoms. The second-order valence-electron chi connectivity index (χ2n) is 7.29. The molecule has 0 aromatic heterocycles. The van der Waals surface area contributed by atoms with Gasteiger partial charge in [-0.25, -0.2) is 0 Å². The zero-order chi connectivity index (χ0) is 19.8. The van der Waals surface area contributed by atoms with E-state index in [1.54, 1.807) is 0 Å². The molecule has 150 valence electrons. The van der Waals surface area contributed by atoms with E-state index in [1.807, 2.05) is 62.5 Å². The van der Waals surface area contributed by atoms with E-state index in [0.717, 1.165) is 22.9 Å². The summed E-state index contributed by atoms with van der Waals surface area (Å²) in [7, 11) is 2.04. The summed E-state index contributed by atoms with van der Waals surface area (Å²) in [4.78, 5) is 14.5. The van der Waals surface area contributed by atoms with Crippen LogP contribution in [-0.4, -0.2) is 37.0 Å². The van der Waals surface area contributed by atoms with E-state index in [4.69, 9.17) is 9.47 Å². The maximum absolute atomic E-state index is 12.3. The number of likely N-dealkylation sites (N-methyl/N-ethyl adjacent to an activating group) is 1. The van der Waals surface area contributed by atoms with E-state index in [0.29, 0.717) is 19.2 Å². The molecule has 1 fully saturated rings. The molecular weight excluding hydrogens is 352 g/mol. The predicted octanol–water partition coefficient (Wildman–Crippen LogP) is 5.08. The molecule has 1 saturated carbocycles. The molecule has 0 bridgehead atoms. The molecule has 0 saturated heterocycles. The number of amides is 1. The highest BCUT2D eigenvalue weighted by Crippen LogP contribution is 2.25. The highest BCUT2D eigenvalue weighted by molar-refractivity contribution is 5.92. The summed E-state index contributed by atoms with van der Waals surface area (Å²) in [6.07, 6.45) is 6.25. The van der Waals surface area contributed by atoms with Crippen molar-refractivity contribution >= 4 is 11.6 Å². The summed E-state index contributed by atoms with van der Waals surface area (Å²) in [6, 6.07) is 15.5. The van der Waals surface area contributed by atoms with Gasteiger partial charge in [0.25, 0.3) is 0 Å². The fourth-order valence-corrected chi connectivity index (χ4v) is 3.59. The minimum Gasteiger partial charge on any atom is -0.494 e. The van der Waals surface area contributed by atoms with Gasteiger partial charge in [0.05, 0.1) is 13.2 Å². The molecule has 0 atom stereocenters. The molecule has 0 unspecified atom stereocenters. The first-order chi connectivity index (χ1) is 13.6. The Balaban J connectivity index is 1.48. The number of benzene rings is 2. The molecule has 2 aromatic carbocycles. The zero-order valence-corrected chi connectivity index (χ0v) is 16.8.